The first-order chi connectivity index (χ1) is 13.2. The molecule has 0 spiro atoms. The van der Waals surface area contributed by atoms with Crippen LogP contribution < -0.4 is 5.73 Å². The molecule has 1 amide bonds. The van der Waals surface area contributed by atoms with Gasteiger partial charge in [0.2, 0.25) is 6.41 Å². The van der Waals surface area contributed by atoms with Crippen LogP contribution in [-0.4, -0.2) is 16.5 Å². The van der Waals surface area contributed by atoms with E-state index in [1.54, 1.807) is 17.4 Å². The van der Waals surface area contributed by atoms with Crippen molar-refractivity contribution in [3.05, 3.63) is 72.3 Å². The van der Waals surface area contributed by atoms with E-state index in [1.807, 2.05) is 30.3 Å². The number of hydrogen-bond acceptors (Lipinski definition) is 4. The molecule has 5 heteroatoms. The van der Waals surface area contributed by atoms with E-state index >= 15 is 0 Å². The van der Waals surface area contributed by atoms with Crippen molar-refractivity contribution in [2.75, 3.05) is 0 Å². The number of carbonyl (C=O) groups is 1. The topological polar surface area (TPSA) is 76.2 Å². The predicted molar refractivity (Wildman–Crippen MR) is 112 cm³/mol. The van der Waals surface area contributed by atoms with Gasteiger partial charge in [0.15, 0.2) is 0 Å². The Bertz CT molecular complexity index is 1040. The summed E-state index contributed by atoms with van der Waals surface area (Å²) in [6, 6.07) is 22.3. The van der Waals surface area contributed by atoms with Crippen LogP contribution in [0.1, 0.15) is 12.5 Å². The summed E-state index contributed by atoms with van der Waals surface area (Å²) in [6.07, 6.45) is 1.26. The lowest BCUT2D eigenvalue weighted by molar-refractivity contribution is -0.106. The first-order valence-electron chi connectivity index (χ1n) is 8.60. The molecule has 0 fully saturated rings. The minimum absolute atomic E-state index is 0.250. The van der Waals surface area contributed by atoms with E-state index in [0.29, 0.717) is 0 Å². The van der Waals surface area contributed by atoms with Crippen LogP contribution in [0.25, 0.3) is 31.9 Å². The Balaban J connectivity index is 0.000000659. The number of primary amides is 1. The van der Waals surface area contributed by atoms with Gasteiger partial charge in [-0.1, -0.05) is 49.4 Å². The number of nitrogens with two attached hydrogens (primary N) is 1. The van der Waals surface area contributed by atoms with Crippen LogP contribution >= 0.6 is 11.3 Å². The minimum atomic E-state index is 0.250. The molecule has 4 aromatic rings. The molecule has 0 aliphatic carbocycles. The molecule has 3 N–H and O–H groups in total. The van der Waals surface area contributed by atoms with E-state index in [0.717, 1.165) is 38.3 Å². The number of hydrogen-bond donors (Lipinski definition) is 2. The maximum atomic E-state index is 10.3. The van der Waals surface area contributed by atoms with E-state index in [9.17, 15) is 5.11 Å². The molecule has 27 heavy (non-hydrogen) atoms. The van der Waals surface area contributed by atoms with Gasteiger partial charge in [-0.2, -0.15) is 0 Å². The van der Waals surface area contributed by atoms with E-state index in [2.05, 4.69) is 48.0 Å². The van der Waals surface area contributed by atoms with Crippen LogP contribution in [0.5, 0.6) is 5.75 Å². The van der Waals surface area contributed by atoms with Gasteiger partial charge in [0.05, 0.1) is 15.8 Å². The number of thiazole rings is 1. The van der Waals surface area contributed by atoms with E-state index in [-0.39, 0.29) is 12.2 Å². The van der Waals surface area contributed by atoms with Crippen LogP contribution in [-0.2, 0) is 11.2 Å². The standard InChI is InChI=1S/C21H17NOS.CH3NO/c1-2-14-6-5-7-15(12-14)16-10-11-19(23)17(13-16)21-22-18-8-3-4-9-20(18)24-21;2-1-3/h3-13,23H,2H2,1H3;1H,(H2,2,3). The highest BCUT2D eigenvalue weighted by molar-refractivity contribution is 7.21. The predicted octanol–water partition coefficient (Wildman–Crippen LogP) is 5.00. The highest BCUT2D eigenvalue weighted by Gasteiger charge is 2.12. The van der Waals surface area contributed by atoms with Gasteiger partial charge in [-0.3, -0.25) is 4.79 Å². The van der Waals surface area contributed by atoms with Gasteiger partial charge in [0.1, 0.15) is 10.8 Å². The van der Waals surface area contributed by atoms with Gasteiger partial charge in [-0.25, -0.2) is 4.98 Å². The molecule has 0 saturated carbocycles. The number of benzene rings is 3. The first kappa shape index (κ1) is 18.6. The third-order valence-corrected chi connectivity index (χ3v) is 5.26. The number of aromatic hydroxyl groups is 1. The second kappa shape index (κ2) is 8.47. The Morgan fingerprint density at radius 2 is 1.78 bits per heavy atom. The maximum Gasteiger partial charge on any atom is 0.204 e. The Morgan fingerprint density at radius 3 is 2.52 bits per heavy atom. The fourth-order valence-corrected chi connectivity index (χ4v) is 3.84. The van der Waals surface area contributed by atoms with Crippen molar-refractivity contribution in [3.8, 4) is 27.4 Å². The number of para-hydroxylation sites is 1. The Hall–Kier alpha value is -3.18. The van der Waals surface area contributed by atoms with E-state index in [4.69, 9.17) is 4.79 Å². The fourth-order valence-electron chi connectivity index (χ4n) is 2.85. The smallest absolute Gasteiger partial charge is 0.204 e. The number of amides is 1. The zero-order valence-corrected chi connectivity index (χ0v) is 15.7. The molecule has 0 bridgehead atoms. The van der Waals surface area contributed by atoms with E-state index in [1.165, 1.54) is 5.56 Å². The Labute approximate surface area is 161 Å². The molecule has 1 aromatic heterocycles. The summed E-state index contributed by atoms with van der Waals surface area (Å²) in [6.45, 7) is 2.16. The second-order valence-corrected chi connectivity index (χ2v) is 6.94. The van der Waals surface area contributed by atoms with Gasteiger partial charge in [0, 0.05) is 0 Å². The Kier molecular flexibility index (Phi) is 5.84. The molecule has 0 aliphatic rings. The lowest BCUT2D eigenvalue weighted by atomic mass is 10.00. The van der Waals surface area contributed by atoms with Crippen LogP contribution in [0, 0.1) is 0 Å². The number of aromatic nitrogens is 1. The van der Waals surface area contributed by atoms with Crippen LogP contribution in [0.4, 0.5) is 0 Å². The fraction of sp³-hybridized carbons (Fsp3) is 0.0909. The van der Waals surface area contributed by atoms with Crippen molar-refractivity contribution >= 4 is 28.0 Å². The summed E-state index contributed by atoms with van der Waals surface area (Å²) in [5.74, 6) is 0.268. The van der Waals surface area contributed by atoms with Crippen molar-refractivity contribution in [2.24, 2.45) is 5.73 Å². The normalized spacial score (nSPS) is 10.3. The van der Waals surface area contributed by atoms with Gasteiger partial charge in [-0.05, 0) is 47.4 Å². The number of phenolic OH excluding ortho intramolecular Hbond substituents is 1. The van der Waals surface area contributed by atoms with Crippen molar-refractivity contribution in [1.82, 2.24) is 4.98 Å². The van der Waals surface area contributed by atoms with Gasteiger partial charge in [-0.15, -0.1) is 11.3 Å². The number of carbonyl (C=O) groups excluding carboxylic acids is 1. The van der Waals surface area contributed by atoms with Crippen LogP contribution in [0.3, 0.4) is 0 Å². The number of rotatable bonds is 3. The van der Waals surface area contributed by atoms with Gasteiger partial charge >= 0.3 is 0 Å². The molecule has 3 aromatic carbocycles. The summed E-state index contributed by atoms with van der Waals surface area (Å²) in [4.78, 5) is 13.3. The molecule has 4 nitrogen and oxygen atoms in total. The van der Waals surface area contributed by atoms with Gasteiger partial charge in [0.25, 0.3) is 0 Å². The van der Waals surface area contributed by atoms with Gasteiger partial charge < -0.3 is 10.8 Å². The molecule has 1 heterocycles. The molecular formula is C22H20N2O2S. The second-order valence-electron chi connectivity index (χ2n) is 5.91. The van der Waals surface area contributed by atoms with E-state index < -0.39 is 0 Å². The van der Waals surface area contributed by atoms with Crippen molar-refractivity contribution in [3.63, 3.8) is 0 Å². The largest absolute Gasteiger partial charge is 0.507 e. The highest BCUT2D eigenvalue weighted by atomic mass is 32.1. The zero-order chi connectivity index (χ0) is 19.2. The van der Waals surface area contributed by atoms with Crippen molar-refractivity contribution < 1.29 is 9.90 Å². The zero-order valence-electron chi connectivity index (χ0n) is 14.9. The molecule has 0 atom stereocenters. The molecule has 4 rings (SSSR count). The van der Waals surface area contributed by atoms with Crippen molar-refractivity contribution in [2.45, 2.75) is 13.3 Å². The van der Waals surface area contributed by atoms with Crippen LogP contribution in [0.2, 0.25) is 0 Å². The number of fused-ring (bicyclic) bond motifs is 1. The molecule has 136 valence electrons. The quantitative estimate of drug-likeness (QED) is 0.494. The number of phenols is 1. The molecule has 0 aliphatic heterocycles. The molecule has 0 saturated heterocycles. The summed E-state index contributed by atoms with van der Waals surface area (Å²) in [7, 11) is 0. The van der Waals surface area contributed by atoms with Crippen molar-refractivity contribution in [1.29, 1.82) is 0 Å². The number of aryl methyl sites for hydroxylation is 1. The molecule has 0 radical (unpaired) electrons. The minimum Gasteiger partial charge on any atom is -0.507 e. The summed E-state index contributed by atoms with van der Waals surface area (Å²) in [5.41, 5.74) is 9.49. The molecule has 0 unspecified atom stereocenters. The summed E-state index contributed by atoms with van der Waals surface area (Å²) < 4.78 is 1.13. The number of nitrogens with zero attached hydrogens (tertiary/aromatic N) is 1. The summed E-state index contributed by atoms with van der Waals surface area (Å²) >= 11 is 1.60. The highest BCUT2D eigenvalue weighted by Crippen LogP contribution is 2.37. The third-order valence-electron chi connectivity index (χ3n) is 4.19. The maximum absolute atomic E-state index is 10.3. The average Bonchev–Trinajstić information content (AvgIpc) is 3.13. The SMILES string of the molecule is CCc1cccc(-c2ccc(O)c(-c3nc4ccccc4s3)c2)c1.NC=O. The Morgan fingerprint density at radius 1 is 1.04 bits per heavy atom. The molecular weight excluding hydrogens is 356 g/mol. The first-order valence-corrected chi connectivity index (χ1v) is 9.41. The summed E-state index contributed by atoms with van der Waals surface area (Å²) in [5, 5.41) is 11.2. The third kappa shape index (κ3) is 4.15. The monoisotopic (exact) mass is 376 g/mol. The average molecular weight is 376 g/mol. The lowest BCUT2D eigenvalue weighted by Gasteiger charge is -2.07. The van der Waals surface area contributed by atoms with Crippen LogP contribution in [0.15, 0.2) is 66.7 Å². The lowest BCUT2D eigenvalue weighted by Crippen LogP contribution is -1.85.